The molecule has 7 rings (SSSR count). The zero-order chi connectivity index (χ0) is 40.1. The zero-order valence-electron chi connectivity index (χ0n) is 32.6. The van der Waals surface area contributed by atoms with Crippen LogP contribution in [0.25, 0.3) is 45.0 Å². The molecule has 7 aromatic rings. The van der Waals surface area contributed by atoms with Crippen LogP contribution in [0.3, 0.4) is 0 Å². The van der Waals surface area contributed by atoms with Crippen LogP contribution < -0.4 is 0 Å². The van der Waals surface area contributed by atoms with Gasteiger partial charge in [-0.15, -0.1) is 6.42 Å². The van der Waals surface area contributed by atoms with Crippen molar-refractivity contribution < 1.29 is 0 Å². The highest BCUT2D eigenvalue weighted by Crippen LogP contribution is 2.32. The molecule has 0 radical (unpaired) electrons. The maximum atomic E-state index is 6.05. The molecule has 0 fully saturated rings. The van der Waals surface area contributed by atoms with E-state index in [4.69, 9.17) is 16.4 Å². The van der Waals surface area contributed by atoms with E-state index in [0.29, 0.717) is 23.8 Å². The molecule has 0 saturated carbocycles. The summed E-state index contributed by atoms with van der Waals surface area (Å²) in [6.45, 7) is 10.9. The van der Waals surface area contributed by atoms with E-state index in [-0.39, 0.29) is 0 Å². The number of nitrogens with zero attached hydrogens (tertiary/aromatic N) is 3. The Bertz CT molecular complexity index is 2710. The molecule has 0 aliphatic heterocycles. The van der Waals surface area contributed by atoms with Crippen LogP contribution in [0, 0.1) is 19.3 Å². The minimum Gasteiger partial charge on any atom is -0.261 e. The summed E-state index contributed by atoms with van der Waals surface area (Å²) in [5.74, 6) is 3.95. The number of allylic oxidation sites excluding steroid dienone is 4. The Balaban J connectivity index is 1.08. The number of aliphatic imine (C=N–C) groups is 3. The molecule has 0 spiro atoms. The third kappa shape index (κ3) is 9.40. The average Bonchev–Trinajstić information content (AvgIpc) is 3.29. The third-order valence-corrected chi connectivity index (χ3v) is 9.94. The number of aryl methyl sites for hydroxylation is 1. The number of hydrogen-bond donors (Lipinski definition) is 0. The Labute approximate surface area is 342 Å². The van der Waals surface area contributed by atoms with Crippen molar-refractivity contribution >= 4 is 30.0 Å². The van der Waals surface area contributed by atoms with Crippen LogP contribution in [0.1, 0.15) is 33.4 Å². The van der Waals surface area contributed by atoms with E-state index in [2.05, 4.69) is 152 Å². The Kier molecular flexibility index (Phi) is 12.5. The first kappa shape index (κ1) is 38.6. The lowest BCUT2D eigenvalue weighted by Crippen LogP contribution is -2.05. The fourth-order valence-electron chi connectivity index (χ4n) is 6.82. The van der Waals surface area contributed by atoms with Crippen LogP contribution in [-0.4, -0.2) is 18.4 Å². The van der Waals surface area contributed by atoms with E-state index in [1.54, 1.807) is 0 Å². The maximum Gasteiger partial charge on any atom is 0.161 e. The van der Waals surface area contributed by atoms with E-state index in [1.807, 2.05) is 78.9 Å². The van der Waals surface area contributed by atoms with Crippen molar-refractivity contribution in [2.75, 3.05) is 0 Å². The SMILES string of the molecule is C#C/C(=C/C=C\c1ccccc1-c1ccc(-c2ccccc2)cc1C)C(=C)c1ccc(-c2cccc(C(N=C)=NC(=NCc3ccccc3)c3ccccc3)c2)cc1. The van der Waals surface area contributed by atoms with Gasteiger partial charge in [0.2, 0.25) is 0 Å². The van der Waals surface area contributed by atoms with Gasteiger partial charge in [0.15, 0.2) is 11.7 Å². The highest BCUT2D eigenvalue weighted by atomic mass is 15.0. The van der Waals surface area contributed by atoms with Gasteiger partial charge in [0.1, 0.15) is 0 Å². The first-order valence-electron chi connectivity index (χ1n) is 19.2. The minimum absolute atomic E-state index is 0.498. The van der Waals surface area contributed by atoms with Gasteiger partial charge in [-0.3, -0.25) is 4.99 Å². The fourth-order valence-corrected chi connectivity index (χ4v) is 6.82. The highest BCUT2D eigenvalue weighted by Gasteiger charge is 2.11. The molecule has 0 bridgehead atoms. The molecule has 278 valence electrons. The second-order valence-corrected chi connectivity index (χ2v) is 13.8. The second-order valence-electron chi connectivity index (χ2n) is 13.8. The predicted molar refractivity (Wildman–Crippen MR) is 248 cm³/mol. The molecule has 0 aliphatic rings. The van der Waals surface area contributed by atoms with Crippen LogP contribution in [0.2, 0.25) is 0 Å². The van der Waals surface area contributed by atoms with Crippen molar-refractivity contribution in [1.29, 1.82) is 0 Å². The third-order valence-electron chi connectivity index (χ3n) is 9.94. The van der Waals surface area contributed by atoms with Gasteiger partial charge in [0.25, 0.3) is 0 Å². The highest BCUT2D eigenvalue weighted by molar-refractivity contribution is 6.13. The van der Waals surface area contributed by atoms with E-state index in [9.17, 15) is 0 Å². The number of amidine groups is 2. The normalized spacial score (nSPS) is 12.0. The van der Waals surface area contributed by atoms with Gasteiger partial charge in [0.05, 0.1) is 6.54 Å². The van der Waals surface area contributed by atoms with E-state index < -0.39 is 0 Å². The van der Waals surface area contributed by atoms with Crippen LogP contribution in [0.5, 0.6) is 0 Å². The molecule has 0 unspecified atom stereocenters. The van der Waals surface area contributed by atoms with E-state index in [1.165, 1.54) is 27.8 Å². The van der Waals surface area contributed by atoms with Crippen molar-refractivity contribution in [2.45, 2.75) is 13.5 Å². The van der Waals surface area contributed by atoms with Crippen molar-refractivity contribution in [3.8, 4) is 45.7 Å². The van der Waals surface area contributed by atoms with Crippen LogP contribution >= 0.6 is 0 Å². The smallest absolute Gasteiger partial charge is 0.161 e. The largest absolute Gasteiger partial charge is 0.261 e. The number of hydrogen-bond acceptors (Lipinski definition) is 1. The summed E-state index contributed by atoms with van der Waals surface area (Å²) in [6, 6.07) is 62.1. The summed E-state index contributed by atoms with van der Waals surface area (Å²) in [4.78, 5) is 14.1. The molecule has 0 amide bonds. The van der Waals surface area contributed by atoms with Gasteiger partial charge in [-0.2, -0.15) is 0 Å². The van der Waals surface area contributed by atoms with Crippen molar-refractivity contribution in [3.05, 3.63) is 240 Å². The summed E-state index contributed by atoms with van der Waals surface area (Å²) in [7, 11) is 0. The molecule has 7 aromatic carbocycles. The van der Waals surface area contributed by atoms with Crippen molar-refractivity contribution in [2.24, 2.45) is 15.0 Å². The Hall–Kier alpha value is -7.67. The first-order valence-corrected chi connectivity index (χ1v) is 19.2. The summed E-state index contributed by atoms with van der Waals surface area (Å²) in [5, 5.41) is 0. The van der Waals surface area contributed by atoms with Crippen LogP contribution in [0.15, 0.2) is 221 Å². The summed E-state index contributed by atoms with van der Waals surface area (Å²) in [6.07, 6.45) is 12.1. The number of rotatable bonds is 11. The summed E-state index contributed by atoms with van der Waals surface area (Å²) >= 11 is 0. The Morgan fingerprint density at radius 3 is 1.90 bits per heavy atom. The predicted octanol–water partition coefficient (Wildman–Crippen LogP) is 13.4. The van der Waals surface area contributed by atoms with E-state index >= 15 is 0 Å². The molecule has 3 heteroatoms. The van der Waals surface area contributed by atoms with Crippen molar-refractivity contribution in [1.82, 2.24) is 0 Å². The molecule has 58 heavy (non-hydrogen) atoms. The summed E-state index contributed by atoms with van der Waals surface area (Å²) in [5.41, 5.74) is 14.5. The molecule has 0 saturated heterocycles. The van der Waals surface area contributed by atoms with Crippen LogP contribution in [-0.2, 0) is 6.54 Å². The molecular formula is C55H43N3. The van der Waals surface area contributed by atoms with Gasteiger partial charge in [0, 0.05) is 16.7 Å². The fraction of sp³-hybridized carbons (Fsp3) is 0.0364. The van der Waals surface area contributed by atoms with Crippen molar-refractivity contribution in [3.63, 3.8) is 0 Å². The molecule has 0 N–H and O–H groups in total. The van der Waals surface area contributed by atoms with Gasteiger partial charge >= 0.3 is 0 Å². The molecule has 3 nitrogen and oxygen atoms in total. The molecule has 0 atom stereocenters. The lowest BCUT2D eigenvalue weighted by atomic mass is 9.92. The van der Waals surface area contributed by atoms with Gasteiger partial charge in [-0.05, 0) is 87.0 Å². The van der Waals surface area contributed by atoms with Gasteiger partial charge < -0.3 is 0 Å². The second kappa shape index (κ2) is 18.8. The molecule has 0 aromatic heterocycles. The topological polar surface area (TPSA) is 37.1 Å². The maximum absolute atomic E-state index is 6.05. The first-order chi connectivity index (χ1) is 28.5. The van der Waals surface area contributed by atoms with Crippen LogP contribution in [0.4, 0.5) is 0 Å². The summed E-state index contributed by atoms with van der Waals surface area (Å²) < 4.78 is 0. The molecule has 0 heterocycles. The standard InChI is InChI=1S/C55H43N3/c1-5-43(26-17-27-47-23-15-16-30-53(47)52-36-35-50(37-40(52)2)45-21-11-7-12-22-45)41(3)44-31-33-46(34-32-44)49-28-18-29-51(38-49)54(56-4)58-55(48-24-13-8-14-25-48)57-39-42-19-9-6-10-20-42/h1,6-38H,3-4,39H2,2H3/b27-17-,43-26-,57-55?,58-54?. The number of terminal acetylenes is 1. The number of benzene rings is 7. The van der Waals surface area contributed by atoms with E-state index in [0.717, 1.165) is 44.5 Å². The Morgan fingerprint density at radius 1 is 0.586 bits per heavy atom. The lowest BCUT2D eigenvalue weighted by Gasteiger charge is -2.12. The Morgan fingerprint density at radius 2 is 1.19 bits per heavy atom. The van der Waals surface area contributed by atoms with Gasteiger partial charge in [-0.1, -0.05) is 201 Å². The quantitative estimate of drug-likeness (QED) is 0.0547. The molecular weight excluding hydrogens is 703 g/mol. The molecule has 0 aliphatic carbocycles. The lowest BCUT2D eigenvalue weighted by molar-refractivity contribution is 1.06. The minimum atomic E-state index is 0.498. The monoisotopic (exact) mass is 745 g/mol. The zero-order valence-corrected chi connectivity index (χ0v) is 32.6. The average molecular weight is 746 g/mol. The van der Waals surface area contributed by atoms with Gasteiger partial charge in [-0.25, -0.2) is 9.98 Å².